The molecule has 17 heavy (non-hydrogen) atoms. The molecule has 0 spiro atoms. The van der Waals surface area contributed by atoms with E-state index in [9.17, 15) is 4.79 Å². The van der Waals surface area contributed by atoms with Crippen molar-refractivity contribution in [3.63, 3.8) is 0 Å². The highest BCUT2D eigenvalue weighted by molar-refractivity contribution is 5.75. The van der Waals surface area contributed by atoms with Gasteiger partial charge in [-0.25, -0.2) is 0 Å². The number of rotatable bonds is 4. The summed E-state index contributed by atoms with van der Waals surface area (Å²) in [5.41, 5.74) is 3.73. The van der Waals surface area contributed by atoms with E-state index in [1.165, 1.54) is 23.8 Å². The van der Waals surface area contributed by atoms with Gasteiger partial charge in [0, 0.05) is 6.04 Å². The van der Waals surface area contributed by atoms with Gasteiger partial charge in [0.05, 0.1) is 7.11 Å². The highest BCUT2D eigenvalue weighted by atomic mass is 16.5. The van der Waals surface area contributed by atoms with E-state index in [-0.39, 0.29) is 18.1 Å². The molecule has 0 saturated heterocycles. The van der Waals surface area contributed by atoms with Crippen LogP contribution in [0.25, 0.3) is 0 Å². The second kappa shape index (κ2) is 5.82. The SMILES string of the molecule is COC(=O)[C@H](C)NC(C)c1ccc(C)c(C)c1. The topological polar surface area (TPSA) is 38.3 Å². The van der Waals surface area contributed by atoms with Crippen LogP contribution < -0.4 is 5.32 Å². The molecule has 1 N–H and O–H groups in total. The van der Waals surface area contributed by atoms with E-state index >= 15 is 0 Å². The number of carbonyl (C=O) groups is 1. The molecule has 0 radical (unpaired) electrons. The maximum atomic E-state index is 11.3. The Morgan fingerprint density at radius 3 is 2.41 bits per heavy atom. The molecule has 0 aliphatic heterocycles. The smallest absolute Gasteiger partial charge is 0.322 e. The van der Waals surface area contributed by atoms with Gasteiger partial charge in [0.15, 0.2) is 0 Å². The van der Waals surface area contributed by atoms with Crippen LogP contribution in [0, 0.1) is 13.8 Å². The molecule has 0 amide bonds. The minimum absolute atomic E-state index is 0.128. The Labute approximate surface area is 103 Å². The number of ether oxygens (including phenoxy) is 1. The Hall–Kier alpha value is -1.35. The predicted octanol–water partition coefficient (Wildman–Crippen LogP) is 2.52. The van der Waals surface area contributed by atoms with Crippen LogP contribution in [0.15, 0.2) is 18.2 Å². The quantitative estimate of drug-likeness (QED) is 0.815. The summed E-state index contributed by atoms with van der Waals surface area (Å²) in [6, 6.07) is 6.17. The maximum absolute atomic E-state index is 11.3. The van der Waals surface area contributed by atoms with E-state index in [1.807, 2.05) is 13.8 Å². The molecule has 0 aliphatic rings. The van der Waals surface area contributed by atoms with Gasteiger partial charge >= 0.3 is 5.97 Å². The van der Waals surface area contributed by atoms with Crippen molar-refractivity contribution >= 4 is 5.97 Å². The summed E-state index contributed by atoms with van der Waals surface area (Å²) in [6.07, 6.45) is 0. The van der Waals surface area contributed by atoms with Crippen molar-refractivity contribution < 1.29 is 9.53 Å². The summed E-state index contributed by atoms with van der Waals surface area (Å²) in [5, 5.41) is 3.22. The van der Waals surface area contributed by atoms with Gasteiger partial charge in [-0.1, -0.05) is 18.2 Å². The van der Waals surface area contributed by atoms with Gasteiger partial charge in [0.1, 0.15) is 6.04 Å². The summed E-state index contributed by atoms with van der Waals surface area (Å²) >= 11 is 0. The Morgan fingerprint density at radius 1 is 1.24 bits per heavy atom. The van der Waals surface area contributed by atoms with Crippen LogP contribution in [-0.2, 0) is 9.53 Å². The second-order valence-electron chi connectivity index (χ2n) is 4.48. The zero-order valence-electron chi connectivity index (χ0n) is 11.2. The van der Waals surface area contributed by atoms with Crippen LogP contribution >= 0.6 is 0 Å². The summed E-state index contributed by atoms with van der Waals surface area (Å²) in [4.78, 5) is 11.3. The molecule has 1 aromatic carbocycles. The van der Waals surface area contributed by atoms with Gasteiger partial charge in [0.2, 0.25) is 0 Å². The lowest BCUT2D eigenvalue weighted by atomic mass is 10.0. The zero-order valence-corrected chi connectivity index (χ0v) is 11.2. The molecule has 0 saturated carbocycles. The molecule has 3 heteroatoms. The second-order valence-corrected chi connectivity index (χ2v) is 4.48. The molecule has 0 aromatic heterocycles. The van der Waals surface area contributed by atoms with E-state index in [2.05, 4.69) is 37.4 Å². The third kappa shape index (κ3) is 3.56. The first-order chi connectivity index (χ1) is 7.95. The molecule has 1 aromatic rings. The minimum Gasteiger partial charge on any atom is -0.468 e. The van der Waals surface area contributed by atoms with Crippen LogP contribution in [0.5, 0.6) is 0 Å². The van der Waals surface area contributed by atoms with Gasteiger partial charge in [0.25, 0.3) is 0 Å². The number of hydrogen-bond acceptors (Lipinski definition) is 3. The van der Waals surface area contributed by atoms with Crippen molar-refractivity contribution in [2.75, 3.05) is 7.11 Å². The number of aryl methyl sites for hydroxylation is 2. The molecule has 0 bridgehead atoms. The van der Waals surface area contributed by atoms with Crippen molar-refractivity contribution in [3.8, 4) is 0 Å². The van der Waals surface area contributed by atoms with Gasteiger partial charge < -0.3 is 4.74 Å². The average Bonchev–Trinajstić information content (AvgIpc) is 2.31. The fourth-order valence-corrected chi connectivity index (χ4v) is 1.75. The largest absolute Gasteiger partial charge is 0.468 e. The Bertz CT molecular complexity index is 401. The average molecular weight is 235 g/mol. The van der Waals surface area contributed by atoms with E-state index < -0.39 is 0 Å². The molecule has 0 fully saturated rings. The molecule has 94 valence electrons. The normalized spacial score (nSPS) is 14.2. The van der Waals surface area contributed by atoms with Crippen molar-refractivity contribution in [2.24, 2.45) is 0 Å². The zero-order chi connectivity index (χ0) is 13.0. The third-order valence-corrected chi connectivity index (χ3v) is 3.09. The van der Waals surface area contributed by atoms with Gasteiger partial charge in [-0.2, -0.15) is 0 Å². The van der Waals surface area contributed by atoms with Gasteiger partial charge in [-0.15, -0.1) is 0 Å². The molecular weight excluding hydrogens is 214 g/mol. The third-order valence-electron chi connectivity index (χ3n) is 3.09. The maximum Gasteiger partial charge on any atom is 0.322 e. The van der Waals surface area contributed by atoms with E-state index in [0.717, 1.165) is 0 Å². The Balaban J connectivity index is 2.72. The van der Waals surface area contributed by atoms with Crippen LogP contribution in [0.4, 0.5) is 0 Å². The Morgan fingerprint density at radius 2 is 1.88 bits per heavy atom. The molecule has 1 unspecified atom stereocenters. The summed E-state index contributed by atoms with van der Waals surface area (Å²) in [5.74, 6) is -0.235. The highest BCUT2D eigenvalue weighted by Gasteiger charge is 2.16. The van der Waals surface area contributed by atoms with Crippen LogP contribution in [0.2, 0.25) is 0 Å². The van der Waals surface area contributed by atoms with Crippen molar-refractivity contribution in [1.29, 1.82) is 0 Å². The summed E-state index contributed by atoms with van der Waals surface area (Å²) in [7, 11) is 1.40. The first-order valence-corrected chi connectivity index (χ1v) is 5.86. The van der Waals surface area contributed by atoms with Crippen molar-refractivity contribution in [3.05, 3.63) is 34.9 Å². The summed E-state index contributed by atoms with van der Waals surface area (Å²) < 4.78 is 4.69. The lowest BCUT2D eigenvalue weighted by Crippen LogP contribution is -2.36. The van der Waals surface area contributed by atoms with E-state index in [0.29, 0.717) is 0 Å². The lowest BCUT2D eigenvalue weighted by Gasteiger charge is -2.19. The monoisotopic (exact) mass is 235 g/mol. The number of hydrogen-bond donors (Lipinski definition) is 1. The number of benzene rings is 1. The predicted molar refractivity (Wildman–Crippen MR) is 68.9 cm³/mol. The fraction of sp³-hybridized carbons (Fsp3) is 0.500. The molecule has 2 atom stereocenters. The number of esters is 1. The molecular formula is C14H21NO2. The standard InChI is InChI=1S/C14H21NO2/c1-9-6-7-13(8-10(9)2)11(3)15-12(4)14(16)17-5/h6-8,11-12,15H,1-5H3/t11?,12-/m0/s1. The molecule has 1 rings (SSSR count). The molecule has 3 nitrogen and oxygen atoms in total. The summed E-state index contributed by atoms with van der Waals surface area (Å²) in [6.45, 7) is 8.04. The van der Waals surface area contributed by atoms with Crippen LogP contribution in [0.1, 0.15) is 36.6 Å². The van der Waals surface area contributed by atoms with Gasteiger partial charge in [-0.05, 0) is 44.4 Å². The van der Waals surface area contributed by atoms with E-state index in [1.54, 1.807) is 0 Å². The van der Waals surface area contributed by atoms with Crippen LogP contribution in [-0.4, -0.2) is 19.1 Å². The van der Waals surface area contributed by atoms with Gasteiger partial charge in [-0.3, -0.25) is 10.1 Å². The minimum atomic E-state index is -0.295. The number of nitrogens with one attached hydrogen (secondary N) is 1. The first-order valence-electron chi connectivity index (χ1n) is 5.86. The van der Waals surface area contributed by atoms with Crippen LogP contribution in [0.3, 0.4) is 0 Å². The number of carbonyl (C=O) groups excluding carboxylic acids is 1. The van der Waals surface area contributed by atoms with Crippen molar-refractivity contribution in [2.45, 2.75) is 39.8 Å². The van der Waals surface area contributed by atoms with E-state index in [4.69, 9.17) is 4.74 Å². The first kappa shape index (κ1) is 13.7. The Kier molecular flexibility index (Phi) is 4.70. The fourth-order valence-electron chi connectivity index (χ4n) is 1.75. The molecule has 0 heterocycles. The highest BCUT2D eigenvalue weighted by Crippen LogP contribution is 2.17. The number of methoxy groups -OCH3 is 1. The lowest BCUT2D eigenvalue weighted by molar-refractivity contribution is -0.142. The molecule has 0 aliphatic carbocycles. The van der Waals surface area contributed by atoms with Crippen molar-refractivity contribution in [1.82, 2.24) is 5.32 Å².